The fraction of sp³-hybridized carbons (Fsp3) is 0.450. The highest BCUT2D eigenvalue weighted by atomic mass is 19.4. The zero-order chi connectivity index (χ0) is 20.9. The molecule has 3 aromatic rings. The lowest BCUT2D eigenvalue weighted by Gasteiger charge is -2.08. The molecule has 0 spiro atoms. The molecule has 0 saturated heterocycles. The van der Waals surface area contributed by atoms with Crippen LogP contribution in [0.3, 0.4) is 0 Å². The SMILES string of the molecule is CCCCCc1nc2cc(/C=C/c3noc(C(F)(F)F)n3)ccc2n1CCNC. The molecule has 3 rings (SSSR count). The van der Waals surface area contributed by atoms with E-state index in [0.29, 0.717) is 0 Å². The number of hydrogen-bond donors (Lipinski definition) is 1. The lowest BCUT2D eigenvalue weighted by molar-refractivity contribution is -0.159. The van der Waals surface area contributed by atoms with E-state index in [2.05, 4.69) is 31.5 Å². The molecule has 1 aromatic carbocycles. The smallest absolute Gasteiger partial charge is 0.329 e. The topological polar surface area (TPSA) is 68.8 Å². The van der Waals surface area contributed by atoms with Crippen LogP contribution >= 0.6 is 0 Å². The summed E-state index contributed by atoms with van der Waals surface area (Å²) in [5.41, 5.74) is 2.70. The van der Waals surface area contributed by atoms with Gasteiger partial charge in [0.2, 0.25) is 0 Å². The van der Waals surface area contributed by atoms with Crippen molar-refractivity contribution in [3.63, 3.8) is 0 Å². The van der Waals surface area contributed by atoms with Crippen molar-refractivity contribution in [1.29, 1.82) is 0 Å². The number of aromatic nitrogens is 4. The monoisotopic (exact) mass is 407 g/mol. The van der Waals surface area contributed by atoms with Crippen molar-refractivity contribution < 1.29 is 17.7 Å². The van der Waals surface area contributed by atoms with Crippen LogP contribution in [0.25, 0.3) is 23.2 Å². The number of halogens is 3. The van der Waals surface area contributed by atoms with Crippen LogP contribution < -0.4 is 5.32 Å². The lowest BCUT2D eigenvalue weighted by atomic mass is 10.2. The lowest BCUT2D eigenvalue weighted by Crippen LogP contribution is -2.16. The normalized spacial score (nSPS) is 12.4. The highest BCUT2D eigenvalue weighted by molar-refractivity contribution is 5.81. The third kappa shape index (κ3) is 5.23. The molecule has 29 heavy (non-hydrogen) atoms. The van der Waals surface area contributed by atoms with Crippen LogP contribution in [-0.4, -0.2) is 33.3 Å². The molecule has 0 aliphatic heterocycles. The molecule has 2 aromatic heterocycles. The van der Waals surface area contributed by atoms with Crippen molar-refractivity contribution in [1.82, 2.24) is 25.0 Å². The first-order valence-corrected chi connectivity index (χ1v) is 9.65. The minimum Gasteiger partial charge on any atom is -0.329 e. The van der Waals surface area contributed by atoms with Crippen molar-refractivity contribution in [2.45, 2.75) is 45.3 Å². The molecule has 0 amide bonds. The third-order valence-corrected chi connectivity index (χ3v) is 4.55. The summed E-state index contributed by atoms with van der Waals surface area (Å²) >= 11 is 0. The molecule has 0 aliphatic carbocycles. The Kier molecular flexibility index (Phi) is 6.68. The summed E-state index contributed by atoms with van der Waals surface area (Å²) in [6.45, 7) is 3.84. The number of likely N-dealkylation sites (N-methyl/N-ethyl adjacent to an activating group) is 1. The zero-order valence-electron chi connectivity index (χ0n) is 16.5. The molecule has 6 nitrogen and oxygen atoms in total. The number of alkyl halides is 3. The Morgan fingerprint density at radius 1 is 1.17 bits per heavy atom. The predicted molar refractivity (Wildman–Crippen MR) is 105 cm³/mol. The van der Waals surface area contributed by atoms with Gasteiger partial charge in [-0.05, 0) is 37.2 Å². The standard InChI is InChI=1S/C20H24F3N5O/c1-3-4-5-6-18-25-15-13-14(7-9-16(15)28(18)12-11-24-2)8-10-17-26-19(29-27-17)20(21,22)23/h7-10,13,24H,3-6,11-12H2,1-2H3/b10-8+. The maximum Gasteiger partial charge on any atom is 0.471 e. The molecular formula is C20H24F3N5O. The Morgan fingerprint density at radius 3 is 2.69 bits per heavy atom. The van der Waals surface area contributed by atoms with E-state index in [1.165, 1.54) is 6.08 Å². The number of unbranched alkanes of at least 4 members (excludes halogenated alkanes) is 2. The van der Waals surface area contributed by atoms with Crippen molar-refractivity contribution in [2.75, 3.05) is 13.6 Å². The van der Waals surface area contributed by atoms with Gasteiger partial charge in [-0.2, -0.15) is 18.2 Å². The Labute approximate surface area is 166 Å². The Hall–Kier alpha value is -2.68. The van der Waals surface area contributed by atoms with Crippen LogP contribution in [0.1, 0.15) is 49.3 Å². The van der Waals surface area contributed by atoms with Gasteiger partial charge in [0, 0.05) is 19.5 Å². The number of aryl methyl sites for hydroxylation is 1. The maximum absolute atomic E-state index is 12.5. The Bertz CT molecular complexity index is 974. The van der Waals surface area contributed by atoms with Gasteiger partial charge >= 0.3 is 12.1 Å². The largest absolute Gasteiger partial charge is 0.471 e. The minimum atomic E-state index is -4.65. The molecule has 0 radical (unpaired) electrons. The van der Waals surface area contributed by atoms with E-state index >= 15 is 0 Å². The molecule has 0 fully saturated rings. The van der Waals surface area contributed by atoms with Crippen molar-refractivity contribution >= 4 is 23.2 Å². The summed E-state index contributed by atoms with van der Waals surface area (Å²) in [7, 11) is 1.92. The van der Waals surface area contributed by atoms with E-state index in [-0.39, 0.29) is 5.82 Å². The van der Waals surface area contributed by atoms with Crippen LogP contribution in [0.15, 0.2) is 22.7 Å². The second-order valence-corrected chi connectivity index (χ2v) is 6.78. The first-order chi connectivity index (χ1) is 13.9. The van der Waals surface area contributed by atoms with E-state index in [4.69, 9.17) is 4.98 Å². The summed E-state index contributed by atoms with van der Waals surface area (Å²) in [5, 5.41) is 6.50. The molecular weight excluding hydrogens is 383 g/mol. The van der Waals surface area contributed by atoms with Crippen LogP contribution in [0, 0.1) is 0 Å². The minimum absolute atomic E-state index is 0.128. The second-order valence-electron chi connectivity index (χ2n) is 6.78. The molecule has 0 atom stereocenters. The molecule has 1 N–H and O–H groups in total. The molecule has 156 valence electrons. The number of benzene rings is 1. The van der Waals surface area contributed by atoms with Gasteiger partial charge in [0.25, 0.3) is 0 Å². The predicted octanol–water partition coefficient (Wildman–Crippen LogP) is 4.56. The first kappa shape index (κ1) is 21.0. The van der Waals surface area contributed by atoms with Crippen molar-refractivity contribution in [3.8, 4) is 0 Å². The van der Waals surface area contributed by atoms with Gasteiger partial charge in [0.1, 0.15) is 5.82 Å². The zero-order valence-corrected chi connectivity index (χ0v) is 16.5. The van der Waals surface area contributed by atoms with Gasteiger partial charge in [-0.1, -0.05) is 37.1 Å². The average molecular weight is 407 g/mol. The van der Waals surface area contributed by atoms with E-state index < -0.39 is 12.1 Å². The second kappa shape index (κ2) is 9.21. The average Bonchev–Trinajstić information content (AvgIpc) is 3.29. The summed E-state index contributed by atoms with van der Waals surface area (Å²) in [6.07, 6.45) is 2.71. The van der Waals surface area contributed by atoms with E-state index in [0.717, 1.165) is 61.2 Å². The van der Waals surface area contributed by atoms with E-state index in [1.54, 1.807) is 6.08 Å². The molecule has 0 aliphatic rings. The Morgan fingerprint density at radius 2 is 2.00 bits per heavy atom. The molecule has 0 saturated carbocycles. The number of nitrogens with one attached hydrogen (secondary N) is 1. The highest BCUT2D eigenvalue weighted by Crippen LogP contribution is 2.27. The van der Waals surface area contributed by atoms with E-state index in [1.807, 2.05) is 25.2 Å². The summed E-state index contributed by atoms with van der Waals surface area (Å²) in [5.74, 6) is -0.428. The molecule has 0 unspecified atom stereocenters. The Balaban J connectivity index is 1.84. The quantitative estimate of drug-likeness (QED) is 0.527. The number of imidazole rings is 1. The van der Waals surface area contributed by atoms with Gasteiger partial charge < -0.3 is 14.4 Å². The van der Waals surface area contributed by atoms with Gasteiger partial charge in [0.15, 0.2) is 5.82 Å². The van der Waals surface area contributed by atoms with Gasteiger partial charge in [0.05, 0.1) is 11.0 Å². The summed E-state index contributed by atoms with van der Waals surface area (Å²) in [6, 6.07) is 5.80. The summed E-state index contributed by atoms with van der Waals surface area (Å²) in [4.78, 5) is 8.13. The van der Waals surface area contributed by atoms with Gasteiger partial charge in [-0.25, -0.2) is 4.98 Å². The highest BCUT2D eigenvalue weighted by Gasteiger charge is 2.38. The maximum atomic E-state index is 12.5. The molecule has 9 heteroatoms. The van der Waals surface area contributed by atoms with Gasteiger partial charge in [-0.15, -0.1) is 0 Å². The molecule has 0 bridgehead atoms. The molecule has 2 heterocycles. The van der Waals surface area contributed by atoms with Crippen LogP contribution in [0.4, 0.5) is 13.2 Å². The van der Waals surface area contributed by atoms with E-state index in [9.17, 15) is 13.2 Å². The number of fused-ring (bicyclic) bond motifs is 1. The number of rotatable bonds is 9. The first-order valence-electron chi connectivity index (χ1n) is 9.65. The van der Waals surface area contributed by atoms with Crippen LogP contribution in [0.5, 0.6) is 0 Å². The van der Waals surface area contributed by atoms with Crippen LogP contribution in [0.2, 0.25) is 0 Å². The summed E-state index contributed by atoms with van der Waals surface area (Å²) < 4.78 is 44.1. The van der Waals surface area contributed by atoms with Gasteiger partial charge in [-0.3, -0.25) is 0 Å². The van der Waals surface area contributed by atoms with Crippen molar-refractivity contribution in [3.05, 3.63) is 41.3 Å². The fourth-order valence-electron chi connectivity index (χ4n) is 3.09. The fourth-order valence-corrected chi connectivity index (χ4v) is 3.09. The number of hydrogen-bond acceptors (Lipinski definition) is 5. The third-order valence-electron chi connectivity index (χ3n) is 4.55. The van der Waals surface area contributed by atoms with Crippen LogP contribution in [-0.2, 0) is 19.1 Å². The number of nitrogens with zero attached hydrogens (tertiary/aromatic N) is 4. The van der Waals surface area contributed by atoms with Crippen molar-refractivity contribution in [2.24, 2.45) is 0 Å².